The van der Waals surface area contributed by atoms with Crippen LogP contribution < -0.4 is 15.5 Å². The standard InChI is InChI=1S/C10H11NO3/c1-7(2)10(12)13-8-3-5-9(14-11)6-4-8/h3-6H,1,11H2,2H3. The molecule has 0 aliphatic carbocycles. The van der Waals surface area contributed by atoms with E-state index in [4.69, 9.17) is 10.6 Å². The summed E-state index contributed by atoms with van der Waals surface area (Å²) in [5, 5.41) is 0. The number of nitrogens with two attached hydrogens (primary N) is 1. The van der Waals surface area contributed by atoms with Gasteiger partial charge in [0, 0.05) is 5.57 Å². The molecule has 1 aromatic rings. The monoisotopic (exact) mass is 193 g/mol. The lowest BCUT2D eigenvalue weighted by Gasteiger charge is -2.03. The highest BCUT2D eigenvalue weighted by molar-refractivity contribution is 5.88. The average Bonchev–Trinajstić information content (AvgIpc) is 2.19. The summed E-state index contributed by atoms with van der Waals surface area (Å²) in [4.78, 5) is 15.6. The maximum absolute atomic E-state index is 11.1. The highest BCUT2D eigenvalue weighted by Gasteiger charge is 2.04. The van der Waals surface area contributed by atoms with Crippen molar-refractivity contribution in [3.63, 3.8) is 0 Å². The molecule has 0 spiro atoms. The van der Waals surface area contributed by atoms with Crippen molar-refractivity contribution in [1.29, 1.82) is 0 Å². The van der Waals surface area contributed by atoms with E-state index in [1.54, 1.807) is 31.2 Å². The molecule has 0 fully saturated rings. The Balaban J connectivity index is 2.69. The van der Waals surface area contributed by atoms with E-state index >= 15 is 0 Å². The minimum absolute atomic E-state index is 0.351. The fourth-order valence-corrected chi connectivity index (χ4v) is 0.780. The van der Waals surface area contributed by atoms with Gasteiger partial charge >= 0.3 is 5.97 Å². The normalized spacial score (nSPS) is 9.29. The van der Waals surface area contributed by atoms with Crippen LogP contribution in [-0.4, -0.2) is 5.97 Å². The number of rotatable bonds is 3. The molecule has 0 radical (unpaired) electrons. The molecular weight excluding hydrogens is 182 g/mol. The van der Waals surface area contributed by atoms with Crippen LogP contribution in [0.15, 0.2) is 36.4 Å². The van der Waals surface area contributed by atoms with Crippen molar-refractivity contribution < 1.29 is 14.4 Å². The first-order chi connectivity index (χ1) is 6.63. The Morgan fingerprint density at radius 2 is 1.79 bits per heavy atom. The van der Waals surface area contributed by atoms with E-state index in [-0.39, 0.29) is 0 Å². The highest BCUT2D eigenvalue weighted by atomic mass is 16.6. The molecule has 4 heteroatoms. The van der Waals surface area contributed by atoms with E-state index in [0.29, 0.717) is 17.1 Å². The fourth-order valence-electron chi connectivity index (χ4n) is 0.780. The van der Waals surface area contributed by atoms with Gasteiger partial charge in [-0.05, 0) is 31.2 Å². The van der Waals surface area contributed by atoms with Crippen LogP contribution >= 0.6 is 0 Å². The molecule has 4 nitrogen and oxygen atoms in total. The lowest BCUT2D eigenvalue weighted by Crippen LogP contribution is -2.08. The second-order valence-corrected chi connectivity index (χ2v) is 2.76. The zero-order chi connectivity index (χ0) is 10.6. The molecule has 1 rings (SSSR count). The minimum Gasteiger partial charge on any atom is -0.423 e. The lowest BCUT2D eigenvalue weighted by atomic mass is 10.3. The highest BCUT2D eigenvalue weighted by Crippen LogP contribution is 2.17. The number of esters is 1. The van der Waals surface area contributed by atoms with Crippen molar-refractivity contribution in [1.82, 2.24) is 0 Å². The molecule has 0 aliphatic rings. The Hall–Kier alpha value is -1.81. The first-order valence-corrected chi connectivity index (χ1v) is 3.98. The Labute approximate surface area is 81.9 Å². The van der Waals surface area contributed by atoms with Crippen LogP contribution in [0.1, 0.15) is 6.92 Å². The maximum atomic E-state index is 11.1. The number of carbonyl (C=O) groups is 1. The Bertz CT molecular complexity index is 343. The zero-order valence-corrected chi connectivity index (χ0v) is 7.82. The molecule has 0 bridgehead atoms. The molecule has 0 unspecified atom stereocenters. The molecule has 1 aromatic carbocycles. The molecule has 2 N–H and O–H groups in total. The average molecular weight is 193 g/mol. The van der Waals surface area contributed by atoms with Crippen LogP contribution in [0.25, 0.3) is 0 Å². The van der Waals surface area contributed by atoms with Crippen LogP contribution in [0.2, 0.25) is 0 Å². The van der Waals surface area contributed by atoms with Crippen LogP contribution in [0.5, 0.6) is 11.5 Å². The van der Waals surface area contributed by atoms with Crippen LogP contribution in [0.3, 0.4) is 0 Å². The van der Waals surface area contributed by atoms with Gasteiger partial charge < -0.3 is 9.57 Å². The van der Waals surface area contributed by atoms with Gasteiger partial charge in [0.1, 0.15) is 11.5 Å². The number of ether oxygens (including phenoxy) is 1. The van der Waals surface area contributed by atoms with Gasteiger partial charge in [0.25, 0.3) is 0 Å². The molecule has 0 saturated heterocycles. The van der Waals surface area contributed by atoms with Gasteiger partial charge in [0.15, 0.2) is 0 Å². The molecule has 74 valence electrons. The van der Waals surface area contributed by atoms with E-state index < -0.39 is 5.97 Å². The molecule has 0 aliphatic heterocycles. The fraction of sp³-hybridized carbons (Fsp3) is 0.100. The van der Waals surface area contributed by atoms with Gasteiger partial charge in [0.2, 0.25) is 0 Å². The van der Waals surface area contributed by atoms with Crippen molar-refractivity contribution in [3.05, 3.63) is 36.4 Å². The number of carbonyl (C=O) groups excluding carboxylic acids is 1. The van der Waals surface area contributed by atoms with Crippen molar-refractivity contribution in [3.8, 4) is 11.5 Å². The topological polar surface area (TPSA) is 61.5 Å². The van der Waals surface area contributed by atoms with Gasteiger partial charge in [-0.3, -0.25) is 0 Å². The van der Waals surface area contributed by atoms with E-state index in [0.717, 1.165) is 0 Å². The first-order valence-electron chi connectivity index (χ1n) is 3.98. The number of benzene rings is 1. The van der Waals surface area contributed by atoms with Gasteiger partial charge in [-0.2, -0.15) is 5.90 Å². The largest absolute Gasteiger partial charge is 0.423 e. The van der Waals surface area contributed by atoms with Crippen LogP contribution in [0, 0.1) is 0 Å². The number of hydrogen-bond acceptors (Lipinski definition) is 4. The van der Waals surface area contributed by atoms with Gasteiger partial charge in [-0.1, -0.05) is 6.58 Å². The van der Waals surface area contributed by atoms with Crippen LogP contribution in [-0.2, 0) is 4.79 Å². The Morgan fingerprint density at radius 3 is 2.21 bits per heavy atom. The minimum atomic E-state index is -0.452. The molecule has 0 saturated carbocycles. The summed E-state index contributed by atoms with van der Waals surface area (Å²) in [5.74, 6) is 5.40. The van der Waals surface area contributed by atoms with E-state index in [1.165, 1.54) is 0 Å². The van der Waals surface area contributed by atoms with Crippen molar-refractivity contribution in [2.24, 2.45) is 5.90 Å². The summed E-state index contributed by atoms with van der Waals surface area (Å²) in [7, 11) is 0. The van der Waals surface area contributed by atoms with E-state index in [2.05, 4.69) is 11.4 Å². The predicted molar refractivity (Wildman–Crippen MR) is 51.7 cm³/mol. The predicted octanol–water partition coefficient (Wildman–Crippen LogP) is 1.42. The second kappa shape index (κ2) is 4.43. The van der Waals surface area contributed by atoms with Crippen molar-refractivity contribution in [2.45, 2.75) is 6.92 Å². The smallest absolute Gasteiger partial charge is 0.338 e. The quantitative estimate of drug-likeness (QED) is 0.341. The van der Waals surface area contributed by atoms with E-state index in [9.17, 15) is 4.79 Å². The summed E-state index contributed by atoms with van der Waals surface area (Å²) in [6.07, 6.45) is 0. The summed E-state index contributed by atoms with van der Waals surface area (Å²) in [6, 6.07) is 6.37. The van der Waals surface area contributed by atoms with Gasteiger partial charge in [-0.25, -0.2) is 4.79 Å². The van der Waals surface area contributed by atoms with E-state index in [1.807, 2.05) is 0 Å². The Kier molecular flexibility index (Phi) is 3.25. The first kappa shape index (κ1) is 10.3. The maximum Gasteiger partial charge on any atom is 0.338 e. The Morgan fingerprint density at radius 1 is 1.29 bits per heavy atom. The molecule has 0 amide bonds. The summed E-state index contributed by atoms with van der Waals surface area (Å²) in [6.45, 7) is 5.05. The summed E-state index contributed by atoms with van der Waals surface area (Å²) >= 11 is 0. The van der Waals surface area contributed by atoms with Crippen LogP contribution in [0.4, 0.5) is 0 Å². The second-order valence-electron chi connectivity index (χ2n) is 2.76. The van der Waals surface area contributed by atoms with Crippen molar-refractivity contribution in [2.75, 3.05) is 0 Å². The van der Waals surface area contributed by atoms with Gasteiger partial charge in [0.05, 0.1) is 0 Å². The molecule has 0 aromatic heterocycles. The zero-order valence-electron chi connectivity index (χ0n) is 7.82. The lowest BCUT2D eigenvalue weighted by molar-refractivity contribution is -0.130. The third kappa shape index (κ3) is 2.60. The molecule has 14 heavy (non-hydrogen) atoms. The molecular formula is C10H11NO3. The number of hydrogen-bond donors (Lipinski definition) is 1. The van der Waals surface area contributed by atoms with Crippen molar-refractivity contribution >= 4 is 5.97 Å². The molecule has 0 atom stereocenters. The van der Waals surface area contributed by atoms with Gasteiger partial charge in [-0.15, -0.1) is 0 Å². The summed E-state index contributed by atoms with van der Waals surface area (Å²) in [5.41, 5.74) is 0.351. The third-order valence-corrected chi connectivity index (χ3v) is 1.52. The summed E-state index contributed by atoms with van der Waals surface area (Å²) < 4.78 is 4.94. The SMILES string of the molecule is C=C(C)C(=O)Oc1ccc(ON)cc1. The molecule has 0 heterocycles. The third-order valence-electron chi connectivity index (χ3n) is 1.52.